The average molecular weight is 397 g/mol. The van der Waals surface area contributed by atoms with E-state index in [0.29, 0.717) is 28.0 Å². The maximum Gasteiger partial charge on any atom is 0.307 e. The van der Waals surface area contributed by atoms with Crippen LogP contribution in [0.5, 0.6) is 5.75 Å². The molecule has 0 amide bonds. The summed E-state index contributed by atoms with van der Waals surface area (Å²) < 4.78 is 46.0. The van der Waals surface area contributed by atoms with Crippen molar-refractivity contribution in [2.45, 2.75) is 19.8 Å². The van der Waals surface area contributed by atoms with Gasteiger partial charge in [-0.15, -0.1) is 11.3 Å². The number of fused-ring (bicyclic) bond motifs is 1. The third-order valence-electron chi connectivity index (χ3n) is 4.19. The summed E-state index contributed by atoms with van der Waals surface area (Å²) in [6.45, 7) is 1.53. The molecular weight excluding hydrogens is 383 g/mol. The second kappa shape index (κ2) is 7.07. The van der Waals surface area contributed by atoms with Crippen molar-refractivity contribution in [3.8, 4) is 5.75 Å². The molecule has 2 heterocycles. The minimum absolute atomic E-state index is 0.0448. The summed E-state index contributed by atoms with van der Waals surface area (Å²) in [7, 11) is 1.27. The van der Waals surface area contributed by atoms with Crippen molar-refractivity contribution >= 4 is 34.1 Å². The number of hydrogen-bond acceptors (Lipinski definition) is 4. The van der Waals surface area contributed by atoms with Gasteiger partial charge in [-0.2, -0.15) is 0 Å². The number of rotatable bonds is 5. The Hall–Kier alpha value is -2.81. The van der Waals surface area contributed by atoms with Crippen LogP contribution in [0.25, 0.3) is 10.9 Å². The highest BCUT2D eigenvalue weighted by Crippen LogP contribution is 2.34. The van der Waals surface area contributed by atoms with Crippen molar-refractivity contribution in [3.05, 3.63) is 51.1 Å². The molecule has 5 nitrogen and oxygen atoms in total. The number of ether oxygens (including phenoxy) is 1. The summed E-state index contributed by atoms with van der Waals surface area (Å²) >= 11 is 0.641. The molecule has 3 rings (SSSR count). The number of thiophene rings is 1. The maximum absolute atomic E-state index is 14.2. The molecule has 0 bridgehead atoms. The second-order valence-corrected chi connectivity index (χ2v) is 6.90. The number of carbonyl (C=O) groups excluding carboxylic acids is 1. The fourth-order valence-corrected chi connectivity index (χ4v) is 3.76. The monoisotopic (exact) mass is 397 g/mol. The van der Waals surface area contributed by atoms with Crippen LogP contribution in [-0.4, -0.2) is 28.7 Å². The number of aliphatic carboxylic acids is 1. The number of methoxy groups -OCH3 is 1. The van der Waals surface area contributed by atoms with Gasteiger partial charge in [-0.1, -0.05) is 0 Å². The summed E-state index contributed by atoms with van der Waals surface area (Å²) in [5.74, 6) is -2.56. The van der Waals surface area contributed by atoms with Crippen LogP contribution in [-0.2, 0) is 11.2 Å². The second-order valence-electron chi connectivity index (χ2n) is 5.78. The van der Waals surface area contributed by atoms with Gasteiger partial charge in [-0.25, -0.2) is 13.2 Å². The predicted octanol–water partition coefficient (Wildman–Crippen LogP) is 4.41. The van der Waals surface area contributed by atoms with Crippen molar-refractivity contribution < 1.29 is 32.6 Å². The first-order valence-electron chi connectivity index (χ1n) is 7.76. The lowest BCUT2D eigenvalue weighted by atomic mass is 10.1. The molecule has 27 heavy (non-hydrogen) atoms. The summed E-state index contributed by atoms with van der Waals surface area (Å²) in [6.07, 6.45) is -3.09. The van der Waals surface area contributed by atoms with Crippen LogP contribution in [0.1, 0.15) is 32.2 Å². The van der Waals surface area contributed by atoms with Gasteiger partial charge in [0.15, 0.2) is 11.6 Å². The van der Waals surface area contributed by atoms with Crippen molar-refractivity contribution in [2.75, 3.05) is 7.11 Å². The van der Waals surface area contributed by atoms with Crippen LogP contribution >= 0.6 is 11.3 Å². The van der Waals surface area contributed by atoms with Gasteiger partial charge in [0.05, 0.1) is 28.8 Å². The fourth-order valence-electron chi connectivity index (χ4n) is 2.97. The molecule has 1 N–H and O–H groups in total. The summed E-state index contributed by atoms with van der Waals surface area (Å²) in [4.78, 5) is 23.9. The van der Waals surface area contributed by atoms with Crippen molar-refractivity contribution in [1.29, 1.82) is 0 Å². The van der Waals surface area contributed by atoms with E-state index in [-0.39, 0.29) is 27.4 Å². The molecule has 0 fully saturated rings. The zero-order valence-corrected chi connectivity index (χ0v) is 15.1. The Labute approximate surface area is 155 Å². The molecule has 0 saturated heterocycles. The number of nitrogens with zero attached hydrogens (tertiary/aromatic N) is 1. The average Bonchev–Trinajstić information content (AvgIpc) is 3.18. The van der Waals surface area contributed by atoms with E-state index in [0.717, 1.165) is 16.7 Å². The SMILES string of the molecule is COc1cc2c(CC(=O)O)c(C)n(C(=O)c3ccc(C(F)F)s3)c2cc1F. The molecule has 0 atom stereocenters. The summed E-state index contributed by atoms with van der Waals surface area (Å²) in [6, 6.07) is 4.84. The topological polar surface area (TPSA) is 68.5 Å². The van der Waals surface area contributed by atoms with Crippen molar-refractivity contribution in [3.63, 3.8) is 0 Å². The van der Waals surface area contributed by atoms with Gasteiger partial charge in [0.25, 0.3) is 12.3 Å². The Balaban J connectivity index is 2.24. The highest BCUT2D eigenvalue weighted by Gasteiger charge is 2.24. The zero-order valence-electron chi connectivity index (χ0n) is 14.3. The molecule has 0 aliphatic carbocycles. The largest absolute Gasteiger partial charge is 0.494 e. The zero-order chi connectivity index (χ0) is 19.9. The first-order chi connectivity index (χ1) is 12.7. The van der Waals surface area contributed by atoms with E-state index in [2.05, 4.69) is 0 Å². The van der Waals surface area contributed by atoms with Gasteiger partial charge < -0.3 is 9.84 Å². The number of benzene rings is 1. The Morgan fingerprint density at radius 3 is 2.56 bits per heavy atom. The fraction of sp³-hybridized carbons (Fsp3) is 0.222. The Morgan fingerprint density at radius 1 is 1.30 bits per heavy atom. The number of alkyl halides is 2. The van der Waals surface area contributed by atoms with Crippen LogP contribution in [0.2, 0.25) is 0 Å². The van der Waals surface area contributed by atoms with E-state index in [1.54, 1.807) is 0 Å². The van der Waals surface area contributed by atoms with Gasteiger partial charge in [0.1, 0.15) is 0 Å². The lowest BCUT2D eigenvalue weighted by molar-refractivity contribution is -0.136. The molecule has 142 valence electrons. The minimum atomic E-state index is -2.71. The number of carboxylic acid groups (broad SMARTS) is 1. The standard InChI is InChI=1S/C18H14F3NO4S/c1-8-9(6-16(23)24)10-5-13(26-2)11(19)7-12(10)22(8)18(25)15-4-3-14(27-15)17(20)21/h3-5,7,17H,6H2,1-2H3,(H,23,24). The Morgan fingerprint density at radius 2 is 2.00 bits per heavy atom. The molecule has 0 aliphatic rings. The number of aromatic nitrogens is 1. The first-order valence-corrected chi connectivity index (χ1v) is 8.58. The van der Waals surface area contributed by atoms with Gasteiger partial charge in [-0.05, 0) is 30.7 Å². The molecule has 0 saturated carbocycles. The van der Waals surface area contributed by atoms with Crippen LogP contribution < -0.4 is 4.74 Å². The third kappa shape index (κ3) is 3.30. The van der Waals surface area contributed by atoms with Crippen LogP contribution in [0.4, 0.5) is 13.2 Å². The van der Waals surface area contributed by atoms with Crippen molar-refractivity contribution in [1.82, 2.24) is 4.57 Å². The van der Waals surface area contributed by atoms with Gasteiger partial charge >= 0.3 is 5.97 Å². The van der Waals surface area contributed by atoms with E-state index >= 15 is 0 Å². The predicted molar refractivity (Wildman–Crippen MR) is 93.5 cm³/mol. The quantitative estimate of drug-likeness (QED) is 0.692. The van der Waals surface area contributed by atoms with E-state index < -0.39 is 24.1 Å². The highest BCUT2D eigenvalue weighted by atomic mass is 32.1. The van der Waals surface area contributed by atoms with E-state index in [9.17, 15) is 27.9 Å². The third-order valence-corrected chi connectivity index (χ3v) is 5.27. The molecule has 0 unspecified atom stereocenters. The maximum atomic E-state index is 14.2. The van der Waals surface area contributed by atoms with Crippen LogP contribution in [0, 0.1) is 12.7 Å². The summed E-state index contributed by atoms with van der Waals surface area (Å²) in [5.41, 5.74) is 0.783. The molecule has 0 radical (unpaired) electrons. The molecule has 3 aromatic rings. The van der Waals surface area contributed by atoms with Crippen molar-refractivity contribution in [2.24, 2.45) is 0 Å². The molecule has 1 aromatic carbocycles. The number of carbonyl (C=O) groups is 2. The minimum Gasteiger partial charge on any atom is -0.494 e. The molecule has 9 heteroatoms. The van der Waals surface area contributed by atoms with E-state index in [1.165, 1.54) is 26.2 Å². The Kier molecular flexibility index (Phi) is 4.97. The van der Waals surface area contributed by atoms with Gasteiger partial charge in [-0.3, -0.25) is 14.2 Å². The van der Waals surface area contributed by atoms with Crippen LogP contribution in [0.15, 0.2) is 24.3 Å². The normalized spacial score (nSPS) is 11.3. The summed E-state index contributed by atoms with van der Waals surface area (Å²) in [5, 5.41) is 9.53. The Bertz CT molecular complexity index is 1050. The van der Waals surface area contributed by atoms with E-state index in [1.807, 2.05) is 0 Å². The highest BCUT2D eigenvalue weighted by molar-refractivity contribution is 7.14. The molecule has 2 aromatic heterocycles. The van der Waals surface area contributed by atoms with Gasteiger partial charge in [0.2, 0.25) is 0 Å². The molecule has 0 aliphatic heterocycles. The number of hydrogen-bond donors (Lipinski definition) is 1. The van der Waals surface area contributed by atoms with E-state index in [4.69, 9.17) is 4.74 Å². The van der Waals surface area contributed by atoms with Gasteiger partial charge in [0, 0.05) is 17.1 Å². The number of carboxylic acids is 1. The smallest absolute Gasteiger partial charge is 0.307 e. The first kappa shape index (κ1) is 19.0. The molecule has 0 spiro atoms. The lowest BCUT2D eigenvalue weighted by Gasteiger charge is -2.07. The number of halogens is 3. The molecular formula is C18H14F3NO4S. The van der Waals surface area contributed by atoms with Crippen LogP contribution in [0.3, 0.4) is 0 Å². The lowest BCUT2D eigenvalue weighted by Crippen LogP contribution is -2.13.